The molecule has 0 radical (unpaired) electrons. The van der Waals surface area contributed by atoms with Crippen LogP contribution in [0, 0.1) is 0 Å². The van der Waals surface area contributed by atoms with Crippen LogP contribution in [-0.2, 0) is 22.7 Å². The first-order valence-corrected chi connectivity index (χ1v) is 8.94. The Morgan fingerprint density at radius 1 is 0.889 bits per heavy atom. The number of hydrogen-bond donors (Lipinski definition) is 0. The van der Waals surface area contributed by atoms with E-state index in [1.54, 1.807) is 18.4 Å². The topological polar surface area (TPSA) is 53.8 Å². The molecule has 5 heteroatoms. The third kappa shape index (κ3) is 3.68. The van der Waals surface area contributed by atoms with Gasteiger partial charge in [-0.25, -0.2) is 4.90 Å². The molecule has 5 nitrogen and oxygen atoms in total. The van der Waals surface area contributed by atoms with Gasteiger partial charge in [-0.15, -0.1) is 0 Å². The molecule has 0 spiro atoms. The van der Waals surface area contributed by atoms with Crippen LogP contribution in [0.4, 0.5) is 5.69 Å². The van der Waals surface area contributed by atoms with E-state index in [0.29, 0.717) is 18.8 Å². The zero-order valence-electron chi connectivity index (χ0n) is 14.8. The summed E-state index contributed by atoms with van der Waals surface area (Å²) in [6, 6.07) is 22.2. The highest BCUT2D eigenvalue weighted by Gasteiger charge is 2.42. The zero-order chi connectivity index (χ0) is 18.6. The van der Waals surface area contributed by atoms with E-state index >= 15 is 0 Å². The molecule has 1 atom stereocenters. The lowest BCUT2D eigenvalue weighted by molar-refractivity contribution is -0.123. The summed E-state index contributed by atoms with van der Waals surface area (Å²) in [5, 5.41) is 0. The van der Waals surface area contributed by atoms with E-state index in [-0.39, 0.29) is 18.2 Å². The van der Waals surface area contributed by atoms with Crippen LogP contribution < -0.4 is 4.90 Å². The molecule has 0 aliphatic carbocycles. The smallest absolute Gasteiger partial charge is 0.251 e. The second kappa shape index (κ2) is 7.60. The number of imide groups is 1. The van der Waals surface area contributed by atoms with Crippen LogP contribution in [0.3, 0.4) is 0 Å². The molecule has 1 aliphatic heterocycles. The maximum Gasteiger partial charge on any atom is 0.251 e. The molecule has 1 aliphatic rings. The quantitative estimate of drug-likeness (QED) is 0.630. The molecule has 136 valence electrons. The number of amides is 2. The Morgan fingerprint density at radius 3 is 2.26 bits per heavy atom. The van der Waals surface area contributed by atoms with Crippen molar-refractivity contribution in [3.63, 3.8) is 0 Å². The number of nitrogens with zero attached hydrogens (tertiary/aromatic N) is 2. The molecule has 2 aromatic carbocycles. The highest BCUT2D eigenvalue weighted by atomic mass is 16.3. The van der Waals surface area contributed by atoms with Gasteiger partial charge in [-0.2, -0.15) is 0 Å². The normalized spacial score (nSPS) is 17.1. The highest BCUT2D eigenvalue weighted by molar-refractivity contribution is 6.22. The number of para-hydroxylation sites is 1. The Bertz CT molecular complexity index is 907. The van der Waals surface area contributed by atoms with Crippen LogP contribution in [0.5, 0.6) is 0 Å². The van der Waals surface area contributed by atoms with Gasteiger partial charge in [0, 0.05) is 6.54 Å². The molecule has 27 heavy (non-hydrogen) atoms. The maximum atomic E-state index is 13.1. The number of carbonyl (C=O) groups is 2. The fourth-order valence-corrected chi connectivity index (χ4v) is 3.45. The Labute approximate surface area is 157 Å². The van der Waals surface area contributed by atoms with Gasteiger partial charge in [0.1, 0.15) is 5.76 Å². The van der Waals surface area contributed by atoms with Crippen LogP contribution in [0.15, 0.2) is 83.5 Å². The lowest BCUT2D eigenvalue weighted by Gasteiger charge is -2.26. The summed E-state index contributed by atoms with van der Waals surface area (Å²) in [5.41, 5.74) is 1.70. The van der Waals surface area contributed by atoms with Gasteiger partial charge in [-0.1, -0.05) is 48.5 Å². The predicted octanol–water partition coefficient (Wildman–Crippen LogP) is 3.61. The average molecular weight is 360 g/mol. The summed E-state index contributed by atoms with van der Waals surface area (Å²) >= 11 is 0. The monoisotopic (exact) mass is 360 g/mol. The molecule has 1 unspecified atom stereocenters. The number of hydrogen-bond acceptors (Lipinski definition) is 4. The lowest BCUT2D eigenvalue weighted by atomic mass is 10.1. The molecule has 1 fully saturated rings. The van der Waals surface area contributed by atoms with Crippen molar-refractivity contribution in [3.8, 4) is 0 Å². The molecule has 2 amide bonds. The summed E-state index contributed by atoms with van der Waals surface area (Å²) in [7, 11) is 0. The number of rotatable bonds is 6. The summed E-state index contributed by atoms with van der Waals surface area (Å²) in [6.07, 6.45) is 1.79. The zero-order valence-corrected chi connectivity index (χ0v) is 14.8. The number of benzene rings is 2. The van der Waals surface area contributed by atoms with Crippen molar-refractivity contribution in [2.45, 2.75) is 25.6 Å². The predicted molar refractivity (Wildman–Crippen MR) is 102 cm³/mol. The molecule has 0 saturated carbocycles. The van der Waals surface area contributed by atoms with Gasteiger partial charge in [-0.05, 0) is 29.8 Å². The Morgan fingerprint density at radius 2 is 1.59 bits per heavy atom. The molecular weight excluding hydrogens is 340 g/mol. The van der Waals surface area contributed by atoms with E-state index in [0.717, 1.165) is 11.3 Å². The van der Waals surface area contributed by atoms with Crippen molar-refractivity contribution in [2.24, 2.45) is 0 Å². The van der Waals surface area contributed by atoms with Gasteiger partial charge >= 0.3 is 0 Å². The third-order valence-corrected chi connectivity index (χ3v) is 4.75. The molecule has 3 aromatic rings. The lowest BCUT2D eigenvalue weighted by Crippen LogP contribution is -2.41. The fourth-order valence-electron chi connectivity index (χ4n) is 3.45. The molecular formula is C22H20N2O3. The Kier molecular flexibility index (Phi) is 4.85. The molecule has 0 N–H and O–H groups in total. The summed E-state index contributed by atoms with van der Waals surface area (Å²) in [6.45, 7) is 1.03. The van der Waals surface area contributed by atoms with Crippen LogP contribution in [0.2, 0.25) is 0 Å². The van der Waals surface area contributed by atoms with Crippen molar-refractivity contribution < 1.29 is 14.0 Å². The van der Waals surface area contributed by atoms with Crippen molar-refractivity contribution in [1.82, 2.24) is 4.90 Å². The van der Waals surface area contributed by atoms with Crippen LogP contribution in [0.25, 0.3) is 0 Å². The Hall–Kier alpha value is -3.18. The van der Waals surface area contributed by atoms with Crippen molar-refractivity contribution in [1.29, 1.82) is 0 Å². The standard InChI is InChI=1S/C22H20N2O3/c25-21-14-20(22(26)24(21)18-10-5-2-6-11-18)23(16-19-12-7-13-27-19)15-17-8-3-1-4-9-17/h1-13,20H,14-16H2. The Balaban J connectivity index is 1.61. The maximum absolute atomic E-state index is 13.1. The van der Waals surface area contributed by atoms with E-state index in [1.807, 2.05) is 65.6 Å². The molecule has 1 saturated heterocycles. The van der Waals surface area contributed by atoms with Crippen molar-refractivity contribution in [3.05, 3.63) is 90.4 Å². The number of carbonyl (C=O) groups excluding carboxylic acids is 2. The highest BCUT2D eigenvalue weighted by Crippen LogP contribution is 2.27. The van der Waals surface area contributed by atoms with Crippen molar-refractivity contribution >= 4 is 17.5 Å². The van der Waals surface area contributed by atoms with E-state index in [4.69, 9.17) is 4.42 Å². The second-order valence-corrected chi connectivity index (χ2v) is 6.59. The largest absolute Gasteiger partial charge is 0.468 e. The molecule has 1 aromatic heterocycles. The first-order chi connectivity index (χ1) is 13.2. The van der Waals surface area contributed by atoms with Gasteiger partial charge in [0.05, 0.1) is 31.0 Å². The summed E-state index contributed by atoms with van der Waals surface area (Å²) < 4.78 is 5.48. The minimum atomic E-state index is -0.511. The molecule has 0 bridgehead atoms. The van der Waals surface area contributed by atoms with Gasteiger partial charge in [0.2, 0.25) is 5.91 Å². The van der Waals surface area contributed by atoms with E-state index in [2.05, 4.69) is 0 Å². The summed E-state index contributed by atoms with van der Waals surface area (Å²) in [5.74, 6) is 0.409. The third-order valence-electron chi connectivity index (χ3n) is 4.75. The first kappa shape index (κ1) is 17.2. The average Bonchev–Trinajstić information content (AvgIpc) is 3.30. The van der Waals surface area contributed by atoms with Gasteiger partial charge in [0.15, 0.2) is 0 Å². The molecule has 4 rings (SSSR count). The van der Waals surface area contributed by atoms with E-state index < -0.39 is 6.04 Å². The van der Waals surface area contributed by atoms with E-state index in [1.165, 1.54) is 4.90 Å². The number of furan rings is 1. The second-order valence-electron chi connectivity index (χ2n) is 6.59. The fraction of sp³-hybridized carbons (Fsp3) is 0.182. The van der Waals surface area contributed by atoms with Crippen LogP contribution in [0.1, 0.15) is 17.7 Å². The van der Waals surface area contributed by atoms with Crippen molar-refractivity contribution in [2.75, 3.05) is 4.90 Å². The minimum Gasteiger partial charge on any atom is -0.468 e. The first-order valence-electron chi connectivity index (χ1n) is 8.94. The van der Waals surface area contributed by atoms with E-state index in [9.17, 15) is 9.59 Å². The van der Waals surface area contributed by atoms with Crippen LogP contribution in [-0.4, -0.2) is 22.8 Å². The summed E-state index contributed by atoms with van der Waals surface area (Å²) in [4.78, 5) is 29.0. The molecule has 2 heterocycles. The van der Waals surface area contributed by atoms with Gasteiger partial charge < -0.3 is 4.42 Å². The van der Waals surface area contributed by atoms with Gasteiger partial charge in [0.25, 0.3) is 5.91 Å². The number of anilines is 1. The minimum absolute atomic E-state index is 0.168. The van der Waals surface area contributed by atoms with Gasteiger partial charge in [-0.3, -0.25) is 14.5 Å². The SMILES string of the molecule is O=C1CC(N(Cc2ccccc2)Cc2ccco2)C(=O)N1c1ccccc1. The van der Waals surface area contributed by atoms with Crippen LogP contribution >= 0.6 is 0 Å².